The molecule has 222 valence electrons. The molecule has 0 unspecified atom stereocenters. The summed E-state index contributed by atoms with van der Waals surface area (Å²) in [6.45, 7) is 4.26. The molecule has 0 saturated carbocycles. The Labute approximate surface area is 232 Å². The first-order chi connectivity index (χ1) is 18.8. The number of ether oxygens (including phenoxy) is 1. The molecule has 2 aromatic carbocycles. The first-order valence-corrected chi connectivity index (χ1v) is 13.5. The number of carbonyl (C=O) groups is 1. The molecule has 0 saturated heterocycles. The van der Waals surface area contributed by atoms with Crippen molar-refractivity contribution in [3.63, 3.8) is 0 Å². The van der Waals surface area contributed by atoms with Crippen molar-refractivity contribution < 1.29 is 40.6 Å². The molecule has 1 aliphatic heterocycles. The van der Waals surface area contributed by atoms with Gasteiger partial charge in [-0.25, -0.2) is 27.5 Å². The van der Waals surface area contributed by atoms with Crippen molar-refractivity contribution in [2.75, 3.05) is 15.7 Å². The van der Waals surface area contributed by atoms with E-state index in [4.69, 9.17) is 4.74 Å². The van der Waals surface area contributed by atoms with Gasteiger partial charge in [0.05, 0.1) is 28.2 Å². The predicted octanol–water partition coefficient (Wildman–Crippen LogP) is 4.01. The van der Waals surface area contributed by atoms with Gasteiger partial charge in [0.15, 0.2) is 0 Å². The van der Waals surface area contributed by atoms with E-state index >= 15 is 0 Å². The van der Waals surface area contributed by atoms with Crippen LogP contribution in [0.1, 0.15) is 33.5 Å². The van der Waals surface area contributed by atoms with Crippen LogP contribution in [0, 0.1) is 5.82 Å². The lowest BCUT2D eigenvalue weighted by molar-refractivity contribution is -0.175. The number of sulfonamides is 1. The third-order valence-corrected chi connectivity index (χ3v) is 8.97. The number of nitrogens with one attached hydrogen (secondary N) is 1. The van der Waals surface area contributed by atoms with Gasteiger partial charge in [-0.05, 0) is 70.2 Å². The summed E-state index contributed by atoms with van der Waals surface area (Å²) in [7, 11) is -3.04. The fourth-order valence-corrected chi connectivity index (χ4v) is 6.05. The van der Waals surface area contributed by atoms with E-state index in [0.717, 1.165) is 40.7 Å². The van der Waals surface area contributed by atoms with Crippen LogP contribution >= 0.6 is 0 Å². The molecule has 16 heteroatoms. The van der Waals surface area contributed by atoms with Gasteiger partial charge in [0.25, 0.3) is 10.0 Å². The summed E-state index contributed by atoms with van der Waals surface area (Å²) in [6.07, 6.45) is -7.89. The number of nitrogens with zero attached hydrogens (tertiary/aromatic N) is 4. The van der Waals surface area contributed by atoms with Gasteiger partial charge in [-0.1, -0.05) is 0 Å². The van der Waals surface area contributed by atoms with Crippen molar-refractivity contribution in [3.05, 3.63) is 64.6 Å². The normalized spacial score (nSPS) is 16.2. The van der Waals surface area contributed by atoms with Crippen molar-refractivity contribution in [2.45, 2.75) is 55.8 Å². The Morgan fingerprint density at radius 3 is 2.24 bits per heavy atom. The third-order valence-electron chi connectivity index (χ3n) is 7.18. The second kappa shape index (κ2) is 9.78. The van der Waals surface area contributed by atoms with Gasteiger partial charge in [-0.15, -0.1) is 0 Å². The number of anilines is 2. The number of fused-ring (bicyclic) bond motifs is 1. The molecule has 0 bridgehead atoms. The molecule has 1 amide bonds. The van der Waals surface area contributed by atoms with Gasteiger partial charge in [-0.2, -0.15) is 18.3 Å². The zero-order chi connectivity index (χ0) is 30.7. The van der Waals surface area contributed by atoms with E-state index in [1.165, 1.54) is 17.7 Å². The summed E-state index contributed by atoms with van der Waals surface area (Å²) in [6, 6.07) is 7.14. The molecule has 1 aromatic heterocycles. The molecular formula is C25H27F4N5O6S. The standard InChI is InChI=1S/C25H27F4N5O6S/c1-23(2,20-30-31-21(35)32(20)5)19-13-33(41(38,39)16-9-6-14(26)7-10-16)17-12-15(8-11-18(17)40-19)34(22(36)37)24(3,4)25(27,28)29/h6-12,19H,13H2,1-5H3,(H,31,35)(H,36,37)/t19-/m1/s1. The Hall–Kier alpha value is -4.08. The van der Waals surface area contributed by atoms with E-state index in [-0.39, 0.29) is 27.1 Å². The summed E-state index contributed by atoms with van der Waals surface area (Å²) in [5.41, 5.74) is -5.22. The van der Waals surface area contributed by atoms with Crippen molar-refractivity contribution in [2.24, 2.45) is 7.05 Å². The molecule has 0 fully saturated rings. The van der Waals surface area contributed by atoms with Crippen LogP contribution in [0.4, 0.5) is 33.7 Å². The van der Waals surface area contributed by atoms with Crippen LogP contribution in [0.3, 0.4) is 0 Å². The maximum absolute atomic E-state index is 13.9. The summed E-state index contributed by atoms with van der Waals surface area (Å²) < 4.78 is 91.2. The number of rotatable bonds is 6. The molecule has 11 nitrogen and oxygen atoms in total. The third kappa shape index (κ3) is 5.00. The van der Waals surface area contributed by atoms with Crippen LogP contribution in [-0.2, 0) is 22.5 Å². The molecule has 0 aliphatic carbocycles. The van der Waals surface area contributed by atoms with E-state index in [0.29, 0.717) is 13.8 Å². The number of amides is 1. The highest BCUT2D eigenvalue weighted by Gasteiger charge is 2.54. The van der Waals surface area contributed by atoms with Crippen LogP contribution in [-0.4, -0.2) is 58.7 Å². The molecule has 41 heavy (non-hydrogen) atoms. The van der Waals surface area contributed by atoms with Crippen LogP contribution in [0.5, 0.6) is 5.75 Å². The van der Waals surface area contributed by atoms with Crippen LogP contribution in [0.2, 0.25) is 0 Å². The molecule has 4 rings (SSSR count). The summed E-state index contributed by atoms with van der Waals surface area (Å²) in [4.78, 5) is 23.9. The number of aromatic nitrogens is 3. The Bertz CT molecular complexity index is 1650. The Morgan fingerprint density at radius 1 is 1.12 bits per heavy atom. The first-order valence-electron chi connectivity index (χ1n) is 12.1. The average molecular weight is 602 g/mol. The Balaban J connectivity index is 1.91. The van der Waals surface area contributed by atoms with E-state index in [9.17, 15) is 40.7 Å². The highest BCUT2D eigenvalue weighted by Crippen LogP contribution is 2.45. The monoisotopic (exact) mass is 601 g/mol. The Morgan fingerprint density at radius 2 is 1.73 bits per heavy atom. The zero-order valence-corrected chi connectivity index (χ0v) is 23.3. The second-order valence-corrected chi connectivity index (χ2v) is 12.4. The fourth-order valence-electron chi connectivity index (χ4n) is 4.58. The Kier molecular flexibility index (Phi) is 7.13. The predicted molar refractivity (Wildman–Crippen MR) is 139 cm³/mol. The molecule has 0 spiro atoms. The maximum atomic E-state index is 13.9. The van der Waals surface area contributed by atoms with Crippen LogP contribution in [0.25, 0.3) is 0 Å². The SMILES string of the molecule is Cn1c(C(C)(C)[C@H]2CN(S(=O)(=O)c3ccc(F)cc3)c3cc(N(C(=O)O)C(C)(C)C(F)(F)F)ccc3O2)n[nH]c1=O. The number of H-pyrrole nitrogens is 1. The quantitative estimate of drug-likeness (QED) is 0.408. The number of halogens is 4. The molecule has 1 atom stereocenters. The van der Waals surface area contributed by atoms with E-state index in [2.05, 4.69) is 10.2 Å². The topological polar surface area (TPSA) is 138 Å². The van der Waals surface area contributed by atoms with E-state index < -0.39 is 63.1 Å². The summed E-state index contributed by atoms with van der Waals surface area (Å²) in [5.74, 6) is -0.548. The van der Waals surface area contributed by atoms with Crippen molar-refractivity contribution in [3.8, 4) is 5.75 Å². The largest absolute Gasteiger partial charge is 0.485 e. The molecule has 2 N–H and O–H groups in total. The lowest BCUT2D eigenvalue weighted by Crippen LogP contribution is -2.57. The van der Waals surface area contributed by atoms with Gasteiger partial charge in [-0.3, -0.25) is 13.8 Å². The van der Waals surface area contributed by atoms with Gasteiger partial charge in [0, 0.05) is 7.05 Å². The van der Waals surface area contributed by atoms with Crippen LogP contribution < -0.4 is 19.6 Å². The van der Waals surface area contributed by atoms with Gasteiger partial charge in [0.2, 0.25) is 0 Å². The number of carboxylic acid groups (broad SMARTS) is 1. The maximum Gasteiger partial charge on any atom is 0.412 e. The van der Waals surface area contributed by atoms with Crippen molar-refractivity contribution >= 4 is 27.5 Å². The smallest absolute Gasteiger partial charge is 0.412 e. The number of hydrogen-bond donors (Lipinski definition) is 2. The minimum atomic E-state index is -4.98. The summed E-state index contributed by atoms with van der Waals surface area (Å²) in [5, 5.41) is 16.1. The van der Waals surface area contributed by atoms with Gasteiger partial charge in [0.1, 0.15) is 29.0 Å². The zero-order valence-electron chi connectivity index (χ0n) is 22.5. The molecule has 0 radical (unpaired) electrons. The first kappa shape index (κ1) is 29.9. The average Bonchev–Trinajstić information content (AvgIpc) is 3.21. The van der Waals surface area contributed by atoms with Crippen molar-refractivity contribution in [1.82, 2.24) is 14.8 Å². The minimum Gasteiger partial charge on any atom is -0.485 e. The highest BCUT2D eigenvalue weighted by molar-refractivity contribution is 7.92. The number of alkyl halides is 3. The van der Waals surface area contributed by atoms with Crippen molar-refractivity contribution in [1.29, 1.82) is 0 Å². The molecule has 1 aliphatic rings. The highest BCUT2D eigenvalue weighted by atomic mass is 32.2. The number of benzene rings is 2. The van der Waals surface area contributed by atoms with Gasteiger partial charge < -0.3 is 9.84 Å². The van der Waals surface area contributed by atoms with E-state index in [1.807, 2.05) is 0 Å². The van der Waals surface area contributed by atoms with Crippen LogP contribution in [0.15, 0.2) is 52.2 Å². The van der Waals surface area contributed by atoms with E-state index in [1.54, 1.807) is 13.8 Å². The number of aromatic amines is 1. The summed E-state index contributed by atoms with van der Waals surface area (Å²) >= 11 is 0. The fraction of sp³-hybridized carbons (Fsp3) is 0.400. The second-order valence-electron chi connectivity index (χ2n) is 10.6. The number of hydrogen-bond acceptors (Lipinski definition) is 6. The lowest BCUT2D eigenvalue weighted by Gasteiger charge is -2.42. The molecular weight excluding hydrogens is 574 g/mol. The lowest BCUT2D eigenvalue weighted by atomic mass is 9.84. The molecule has 3 aromatic rings. The molecule has 2 heterocycles. The van der Waals surface area contributed by atoms with Gasteiger partial charge >= 0.3 is 18.0 Å². The minimum absolute atomic E-state index is 0.0838.